The van der Waals surface area contributed by atoms with E-state index >= 15 is 0 Å². The van der Waals surface area contributed by atoms with Crippen LogP contribution in [0.25, 0.3) is 11.0 Å². The summed E-state index contributed by atoms with van der Waals surface area (Å²) in [4.78, 5) is 20.5. The van der Waals surface area contributed by atoms with Gasteiger partial charge >= 0.3 is 5.97 Å². The third kappa shape index (κ3) is 3.29. The van der Waals surface area contributed by atoms with Crippen LogP contribution in [0.5, 0.6) is 0 Å². The Bertz CT molecular complexity index is 611. The largest absolute Gasteiger partial charge is 0.481 e. The van der Waals surface area contributed by atoms with Crippen molar-refractivity contribution in [2.45, 2.75) is 25.8 Å². The van der Waals surface area contributed by atoms with E-state index < -0.39 is 5.97 Å². The first-order valence-electron chi connectivity index (χ1n) is 6.58. The van der Waals surface area contributed by atoms with Crippen molar-refractivity contribution in [1.29, 1.82) is 0 Å². The normalized spacial score (nSPS) is 13.0. The van der Waals surface area contributed by atoms with Crippen LogP contribution in [0.3, 0.4) is 0 Å². The standard InChI is InChI=1S/C14H18ClN3O2/c1-3-12(18(2)7-6-13(19)20)14-16-10-5-4-9(15)8-11(10)17-14/h4-5,8,12H,3,6-7H2,1-2H3,(H,16,17)(H,19,20). The molecule has 20 heavy (non-hydrogen) atoms. The van der Waals surface area contributed by atoms with Gasteiger partial charge in [-0.25, -0.2) is 4.98 Å². The number of carboxylic acid groups (broad SMARTS) is 1. The van der Waals surface area contributed by atoms with Gasteiger partial charge in [-0.15, -0.1) is 0 Å². The zero-order chi connectivity index (χ0) is 14.7. The first-order valence-corrected chi connectivity index (χ1v) is 6.96. The van der Waals surface area contributed by atoms with E-state index in [1.807, 2.05) is 30.1 Å². The highest BCUT2D eigenvalue weighted by Crippen LogP contribution is 2.24. The number of carboxylic acids is 1. The minimum Gasteiger partial charge on any atom is -0.481 e. The number of hydrogen-bond acceptors (Lipinski definition) is 3. The van der Waals surface area contributed by atoms with Crippen molar-refractivity contribution in [3.8, 4) is 0 Å². The number of aromatic amines is 1. The fourth-order valence-electron chi connectivity index (χ4n) is 2.30. The number of benzene rings is 1. The van der Waals surface area contributed by atoms with Gasteiger partial charge in [0.15, 0.2) is 0 Å². The van der Waals surface area contributed by atoms with E-state index in [2.05, 4.69) is 16.9 Å². The van der Waals surface area contributed by atoms with Gasteiger partial charge in [-0.2, -0.15) is 0 Å². The van der Waals surface area contributed by atoms with Crippen LogP contribution in [-0.4, -0.2) is 39.5 Å². The molecule has 0 radical (unpaired) electrons. The third-order valence-electron chi connectivity index (χ3n) is 3.38. The molecule has 0 spiro atoms. The molecule has 1 aromatic carbocycles. The number of aliphatic carboxylic acids is 1. The maximum Gasteiger partial charge on any atom is 0.304 e. The Hall–Kier alpha value is -1.59. The fourth-order valence-corrected chi connectivity index (χ4v) is 2.47. The van der Waals surface area contributed by atoms with Crippen molar-refractivity contribution in [2.24, 2.45) is 0 Å². The van der Waals surface area contributed by atoms with Gasteiger partial charge in [0.05, 0.1) is 23.5 Å². The summed E-state index contributed by atoms with van der Waals surface area (Å²) in [7, 11) is 1.91. The van der Waals surface area contributed by atoms with Crippen LogP contribution in [0.1, 0.15) is 31.6 Å². The zero-order valence-electron chi connectivity index (χ0n) is 11.6. The van der Waals surface area contributed by atoms with Crippen LogP contribution < -0.4 is 0 Å². The van der Waals surface area contributed by atoms with Crippen LogP contribution in [0.4, 0.5) is 0 Å². The molecule has 0 aliphatic carbocycles. The molecule has 1 heterocycles. The lowest BCUT2D eigenvalue weighted by Crippen LogP contribution is -2.27. The number of imidazole rings is 1. The van der Waals surface area contributed by atoms with Gasteiger partial charge in [-0.05, 0) is 31.7 Å². The van der Waals surface area contributed by atoms with E-state index in [4.69, 9.17) is 16.7 Å². The van der Waals surface area contributed by atoms with E-state index in [0.717, 1.165) is 23.3 Å². The first-order chi connectivity index (χ1) is 9.51. The van der Waals surface area contributed by atoms with Crippen LogP contribution in [-0.2, 0) is 4.79 Å². The summed E-state index contributed by atoms with van der Waals surface area (Å²) in [6.45, 7) is 2.55. The summed E-state index contributed by atoms with van der Waals surface area (Å²) in [5, 5.41) is 9.43. The SMILES string of the molecule is CCC(c1nc2ccc(Cl)cc2[nH]1)N(C)CCC(=O)O. The molecular weight excluding hydrogens is 278 g/mol. The average Bonchev–Trinajstić information content (AvgIpc) is 2.79. The quantitative estimate of drug-likeness (QED) is 0.859. The van der Waals surface area contributed by atoms with Crippen molar-refractivity contribution in [3.05, 3.63) is 29.0 Å². The first kappa shape index (κ1) is 14.8. The molecule has 5 nitrogen and oxygen atoms in total. The summed E-state index contributed by atoms with van der Waals surface area (Å²) in [6.07, 6.45) is 0.975. The summed E-state index contributed by atoms with van der Waals surface area (Å²) in [6, 6.07) is 5.60. The predicted octanol–water partition coefficient (Wildman–Crippen LogP) is 3.07. The van der Waals surface area contributed by atoms with Crippen LogP contribution in [0.2, 0.25) is 5.02 Å². The number of carbonyl (C=O) groups is 1. The lowest BCUT2D eigenvalue weighted by molar-refractivity contribution is -0.137. The van der Waals surface area contributed by atoms with Crippen molar-refractivity contribution < 1.29 is 9.90 Å². The molecule has 2 aromatic rings. The molecule has 0 aliphatic heterocycles. The topological polar surface area (TPSA) is 69.2 Å². The van der Waals surface area contributed by atoms with Gasteiger partial charge < -0.3 is 10.1 Å². The summed E-state index contributed by atoms with van der Waals surface area (Å²) in [5.41, 5.74) is 1.77. The van der Waals surface area contributed by atoms with Crippen LogP contribution in [0.15, 0.2) is 18.2 Å². The van der Waals surface area contributed by atoms with E-state index in [9.17, 15) is 4.79 Å². The van der Waals surface area contributed by atoms with Gasteiger partial charge in [-0.3, -0.25) is 9.69 Å². The molecule has 0 fully saturated rings. The van der Waals surface area contributed by atoms with Gasteiger partial charge in [0.1, 0.15) is 5.82 Å². The van der Waals surface area contributed by atoms with E-state index in [-0.39, 0.29) is 12.5 Å². The number of hydrogen-bond donors (Lipinski definition) is 2. The van der Waals surface area contributed by atoms with Gasteiger partial charge in [0.2, 0.25) is 0 Å². The molecule has 2 N–H and O–H groups in total. The highest BCUT2D eigenvalue weighted by molar-refractivity contribution is 6.31. The van der Waals surface area contributed by atoms with Gasteiger partial charge in [-0.1, -0.05) is 18.5 Å². The molecule has 6 heteroatoms. The molecule has 1 unspecified atom stereocenters. The van der Waals surface area contributed by atoms with E-state index in [1.165, 1.54) is 0 Å². The summed E-state index contributed by atoms with van der Waals surface area (Å²) >= 11 is 5.97. The number of fused-ring (bicyclic) bond motifs is 1. The van der Waals surface area contributed by atoms with Crippen molar-refractivity contribution >= 4 is 28.6 Å². The Balaban J connectivity index is 2.22. The summed E-state index contributed by atoms with van der Waals surface area (Å²) in [5.74, 6) is 0.0562. The molecule has 0 aliphatic rings. The fraction of sp³-hybridized carbons (Fsp3) is 0.429. The molecule has 0 saturated carbocycles. The number of nitrogens with one attached hydrogen (secondary N) is 1. The molecule has 0 saturated heterocycles. The molecule has 1 aromatic heterocycles. The second-order valence-corrected chi connectivity index (χ2v) is 5.27. The Morgan fingerprint density at radius 1 is 1.55 bits per heavy atom. The van der Waals surface area contributed by atoms with Crippen molar-refractivity contribution in [3.63, 3.8) is 0 Å². The maximum absolute atomic E-state index is 10.7. The number of halogens is 1. The van der Waals surface area contributed by atoms with Crippen molar-refractivity contribution in [2.75, 3.05) is 13.6 Å². The number of aromatic nitrogens is 2. The minimum atomic E-state index is -0.789. The Labute approximate surface area is 122 Å². The lowest BCUT2D eigenvalue weighted by Gasteiger charge is -2.24. The van der Waals surface area contributed by atoms with Gasteiger partial charge in [0, 0.05) is 11.6 Å². The second kappa shape index (κ2) is 6.24. The molecule has 0 bridgehead atoms. The second-order valence-electron chi connectivity index (χ2n) is 4.83. The zero-order valence-corrected chi connectivity index (χ0v) is 12.3. The van der Waals surface area contributed by atoms with E-state index in [0.29, 0.717) is 11.6 Å². The molecule has 108 valence electrons. The van der Waals surface area contributed by atoms with Crippen molar-refractivity contribution in [1.82, 2.24) is 14.9 Å². The third-order valence-corrected chi connectivity index (χ3v) is 3.61. The molecule has 0 amide bonds. The van der Waals surface area contributed by atoms with Crippen LogP contribution >= 0.6 is 11.6 Å². The highest BCUT2D eigenvalue weighted by Gasteiger charge is 2.19. The Morgan fingerprint density at radius 3 is 2.95 bits per heavy atom. The maximum atomic E-state index is 10.7. The summed E-state index contributed by atoms with van der Waals surface area (Å²) < 4.78 is 0. The molecule has 2 rings (SSSR count). The molecular formula is C14H18ClN3O2. The monoisotopic (exact) mass is 295 g/mol. The van der Waals surface area contributed by atoms with Gasteiger partial charge in [0.25, 0.3) is 0 Å². The number of nitrogens with zero attached hydrogens (tertiary/aromatic N) is 2. The Kier molecular flexibility index (Phi) is 4.62. The Morgan fingerprint density at radius 2 is 2.30 bits per heavy atom. The smallest absolute Gasteiger partial charge is 0.304 e. The highest BCUT2D eigenvalue weighted by atomic mass is 35.5. The number of rotatable bonds is 6. The molecule has 1 atom stereocenters. The predicted molar refractivity (Wildman–Crippen MR) is 79.0 cm³/mol. The lowest BCUT2D eigenvalue weighted by atomic mass is 10.2. The average molecular weight is 296 g/mol. The van der Waals surface area contributed by atoms with Crippen LogP contribution in [0, 0.1) is 0 Å². The number of H-pyrrole nitrogens is 1. The minimum absolute atomic E-state index is 0.0699. The van der Waals surface area contributed by atoms with E-state index in [1.54, 1.807) is 0 Å².